The van der Waals surface area contributed by atoms with Gasteiger partial charge in [-0.2, -0.15) is 11.8 Å². The average molecular weight is 454 g/mol. The first-order valence-corrected chi connectivity index (χ1v) is 9.59. The number of unbranched alkanes of at least 4 members (excludes halogenated alkanes) is 2. The number of aryl methyl sites for hydroxylation is 1. The average Bonchev–Trinajstić information content (AvgIpc) is 2.98. The van der Waals surface area contributed by atoms with Crippen LogP contribution < -0.4 is 10.6 Å². The van der Waals surface area contributed by atoms with Crippen molar-refractivity contribution in [3.8, 4) is 0 Å². The number of nitrogens with zero attached hydrogens (tertiary/aromatic N) is 4. The van der Waals surface area contributed by atoms with Gasteiger partial charge in [0.1, 0.15) is 12.2 Å². The Labute approximate surface area is 161 Å². The van der Waals surface area contributed by atoms with Crippen LogP contribution in [0, 0.1) is 0 Å². The minimum atomic E-state index is 0. The molecule has 0 aliphatic carbocycles. The highest BCUT2D eigenvalue weighted by Gasteiger charge is 2.02. The van der Waals surface area contributed by atoms with E-state index in [1.165, 1.54) is 12.8 Å². The molecule has 1 aromatic rings. The zero-order valence-corrected chi connectivity index (χ0v) is 17.7. The van der Waals surface area contributed by atoms with Crippen molar-refractivity contribution in [3.63, 3.8) is 0 Å². The van der Waals surface area contributed by atoms with E-state index in [1.54, 1.807) is 6.33 Å². The van der Waals surface area contributed by atoms with Gasteiger partial charge in [-0.05, 0) is 12.7 Å². The van der Waals surface area contributed by atoms with Crippen LogP contribution in [0.2, 0.25) is 0 Å². The molecule has 0 amide bonds. The van der Waals surface area contributed by atoms with E-state index in [-0.39, 0.29) is 24.0 Å². The van der Waals surface area contributed by atoms with E-state index in [0.29, 0.717) is 0 Å². The number of thioether (sulfide) groups is 1. The lowest BCUT2D eigenvalue weighted by molar-refractivity contribution is 0.631. The second-order valence-electron chi connectivity index (χ2n) is 5.08. The second-order valence-corrected chi connectivity index (χ2v) is 6.06. The molecular formula is C15H31IN6S. The first-order chi connectivity index (χ1) is 10.8. The van der Waals surface area contributed by atoms with Crippen molar-refractivity contribution < 1.29 is 0 Å². The number of rotatable bonds is 11. The van der Waals surface area contributed by atoms with Crippen molar-refractivity contribution in [1.29, 1.82) is 0 Å². The molecule has 0 aliphatic rings. The van der Waals surface area contributed by atoms with Gasteiger partial charge in [0.25, 0.3) is 0 Å². The first-order valence-electron chi connectivity index (χ1n) is 8.19. The Morgan fingerprint density at radius 2 is 2.04 bits per heavy atom. The van der Waals surface area contributed by atoms with Crippen molar-refractivity contribution >= 4 is 41.7 Å². The molecule has 8 heteroatoms. The van der Waals surface area contributed by atoms with Crippen LogP contribution in [0.5, 0.6) is 0 Å². The summed E-state index contributed by atoms with van der Waals surface area (Å²) in [5.41, 5.74) is 0. The highest BCUT2D eigenvalue weighted by Crippen LogP contribution is 1.96. The molecule has 0 fully saturated rings. The lowest BCUT2D eigenvalue weighted by atomic mass is 10.2. The number of nitrogens with one attached hydrogen (secondary N) is 2. The first kappa shape index (κ1) is 22.5. The van der Waals surface area contributed by atoms with Crippen molar-refractivity contribution in [2.24, 2.45) is 4.99 Å². The fraction of sp³-hybridized carbons (Fsp3) is 0.800. The molecule has 0 radical (unpaired) electrons. The molecule has 0 aromatic carbocycles. The van der Waals surface area contributed by atoms with Crippen molar-refractivity contribution in [2.45, 2.75) is 46.1 Å². The van der Waals surface area contributed by atoms with Crippen LogP contribution in [-0.2, 0) is 13.0 Å². The van der Waals surface area contributed by atoms with Crippen molar-refractivity contribution in [3.05, 3.63) is 12.2 Å². The Kier molecular flexibility index (Phi) is 14.7. The predicted octanol–water partition coefficient (Wildman–Crippen LogP) is 2.55. The molecule has 0 saturated heterocycles. The highest BCUT2D eigenvalue weighted by atomic mass is 127. The van der Waals surface area contributed by atoms with E-state index < -0.39 is 0 Å². The van der Waals surface area contributed by atoms with E-state index in [2.05, 4.69) is 50.5 Å². The fourth-order valence-electron chi connectivity index (χ4n) is 2.03. The standard InChI is InChI=1S/C15H30N6S.HI/c1-4-6-7-8-16-15(18-10-12-22-3)17-9-11-21-13-19-20-14(21)5-2;/h13H,4-12H2,1-3H3,(H2,16,17,18);1H. The molecule has 0 unspecified atom stereocenters. The third kappa shape index (κ3) is 10.1. The molecule has 1 aromatic heterocycles. The van der Waals surface area contributed by atoms with Gasteiger partial charge in [-0.15, -0.1) is 34.2 Å². The maximum absolute atomic E-state index is 4.64. The van der Waals surface area contributed by atoms with Crippen LogP contribution in [0.3, 0.4) is 0 Å². The molecule has 23 heavy (non-hydrogen) atoms. The van der Waals surface area contributed by atoms with Crippen LogP contribution in [0.1, 0.15) is 38.9 Å². The van der Waals surface area contributed by atoms with Crippen LogP contribution >= 0.6 is 35.7 Å². The van der Waals surface area contributed by atoms with Crippen molar-refractivity contribution in [1.82, 2.24) is 25.4 Å². The molecule has 0 spiro atoms. The monoisotopic (exact) mass is 454 g/mol. The molecule has 134 valence electrons. The summed E-state index contributed by atoms with van der Waals surface area (Å²) < 4.78 is 2.09. The molecule has 0 atom stereocenters. The summed E-state index contributed by atoms with van der Waals surface area (Å²) in [5.74, 6) is 3.02. The number of aromatic nitrogens is 3. The van der Waals surface area contributed by atoms with Gasteiger partial charge < -0.3 is 15.2 Å². The number of halogens is 1. The van der Waals surface area contributed by atoms with Gasteiger partial charge in [-0.1, -0.05) is 26.7 Å². The number of guanidine groups is 1. The summed E-state index contributed by atoms with van der Waals surface area (Å²) in [6.07, 6.45) is 8.43. The molecule has 0 bridgehead atoms. The van der Waals surface area contributed by atoms with Gasteiger partial charge in [0.15, 0.2) is 5.96 Å². The van der Waals surface area contributed by atoms with Gasteiger partial charge >= 0.3 is 0 Å². The van der Waals surface area contributed by atoms with Gasteiger partial charge in [0.05, 0.1) is 0 Å². The minimum Gasteiger partial charge on any atom is -0.356 e. The maximum Gasteiger partial charge on any atom is 0.191 e. The van der Waals surface area contributed by atoms with E-state index in [0.717, 1.165) is 56.6 Å². The van der Waals surface area contributed by atoms with Crippen LogP contribution in [0.4, 0.5) is 0 Å². The summed E-state index contributed by atoms with van der Waals surface area (Å²) >= 11 is 1.84. The normalized spacial score (nSPS) is 11.2. The topological polar surface area (TPSA) is 67.1 Å². The summed E-state index contributed by atoms with van der Waals surface area (Å²) in [6.45, 7) is 7.81. The van der Waals surface area contributed by atoms with E-state index in [1.807, 2.05) is 11.8 Å². The van der Waals surface area contributed by atoms with Crippen molar-refractivity contribution in [2.75, 3.05) is 31.6 Å². The minimum absolute atomic E-state index is 0. The Morgan fingerprint density at radius 1 is 1.26 bits per heavy atom. The molecule has 2 N–H and O–H groups in total. The maximum atomic E-state index is 4.64. The molecular weight excluding hydrogens is 423 g/mol. The van der Waals surface area contributed by atoms with E-state index >= 15 is 0 Å². The lowest BCUT2D eigenvalue weighted by Crippen LogP contribution is -2.40. The van der Waals surface area contributed by atoms with Crippen LogP contribution in [0.25, 0.3) is 0 Å². The zero-order valence-electron chi connectivity index (χ0n) is 14.5. The summed E-state index contributed by atoms with van der Waals surface area (Å²) in [6, 6.07) is 0. The van der Waals surface area contributed by atoms with Crippen LogP contribution in [0.15, 0.2) is 11.3 Å². The van der Waals surface area contributed by atoms with E-state index in [4.69, 9.17) is 0 Å². The number of hydrogen-bond acceptors (Lipinski definition) is 4. The molecule has 6 nitrogen and oxygen atoms in total. The molecule has 1 rings (SSSR count). The van der Waals surface area contributed by atoms with Gasteiger partial charge in [-0.3, -0.25) is 4.99 Å². The predicted molar refractivity (Wildman–Crippen MR) is 111 cm³/mol. The molecule has 0 saturated carbocycles. The Morgan fingerprint density at radius 3 is 2.74 bits per heavy atom. The lowest BCUT2D eigenvalue weighted by Gasteiger charge is -2.13. The SMILES string of the molecule is CCCCCN=C(NCCSC)NCCn1cnnc1CC.I. The number of hydrogen-bond donors (Lipinski definition) is 2. The smallest absolute Gasteiger partial charge is 0.191 e. The quantitative estimate of drug-likeness (QED) is 0.233. The van der Waals surface area contributed by atoms with Gasteiger partial charge in [0, 0.05) is 38.4 Å². The molecule has 1 heterocycles. The summed E-state index contributed by atoms with van der Waals surface area (Å²) in [7, 11) is 0. The fourth-order valence-corrected chi connectivity index (χ4v) is 2.34. The molecule has 0 aliphatic heterocycles. The Balaban J connectivity index is 0.00000484. The summed E-state index contributed by atoms with van der Waals surface area (Å²) in [4.78, 5) is 4.64. The Hall–Kier alpha value is -0.510. The number of aliphatic imine (C=N–C) groups is 1. The van der Waals surface area contributed by atoms with Gasteiger partial charge in [0.2, 0.25) is 0 Å². The summed E-state index contributed by atoms with van der Waals surface area (Å²) in [5, 5.41) is 14.8. The third-order valence-corrected chi connectivity index (χ3v) is 3.90. The second kappa shape index (κ2) is 15.0. The third-order valence-electron chi connectivity index (χ3n) is 3.29. The zero-order chi connectivity index (χ0) is 16.0. The largest absolute Gasteiger partial charge is 0.356 e. The van der Waals surface area contributed by atoms with Gasteiger partial charge in [-0.25, -0.2) is 0 Å². The van der Waals surface area contributed by atoms with E-state index in [9.17, 15) is 0 Å². The Bertz CT molecular complexity index is 424. The highest BCUT2D eigenvalue weighted by molar-refractivity contribution is 14.0. The van der Waals surface area contributed by atoms with Crippen LogP contribution in [-0.4, -0.2) is 52.4 Å².